The first kappa shape index (κ1) is 10.6. The summed E-state index contributed by atoms with van der Waals surface area (Å²) in [6, 6.07) is 1.85. The first-order valence-electron chi connectivity index (χ1n) is 5.62. The van der Waals surface area contributed by atoms with E-state index in [0.717, 1.165) is 18.4 Å². The van der Waals surface area contributed by atoms with Crippen LogP contribution in [0.25, 0.3) is 0 Å². The molecule has 0 spiro atoms. The van der Waals surface area contributed by atoms with Crippen LogP contribution in [0.2, 0.25) is 0 Å². The van der Waals surface area contributed by atoms with Gasteiger partial charge in [-0.25, -0.2) is 8.78 Å². The van der Waals surface area contributed by atoms with Gasteiger partial charge in [-0.05, 0) is 48.3 Å². The second-order valence-corrected chi connectivity index (χ2v) is 4.50. The zero-order valence-electron chi connectivity index (χ0n) is 9.24. The molecule has 1 unspecified atom stereocenters. The average Bonchev–Trinajstić information content (AvgIpc) is 2.24. The summed E-state index contributed by atoms with van der Waals surface area (Å²) < 4.78 is 27.3. The average molecular weight is 210 g/mol. The Morgan fingerprint density at radius 3 is 2.73 bits per heavy atom. The SMILES string of the molecule is CCc1cc2c(c(F)c1F)CC(C)CC2. The molecule has 0 saturated carbocycles. The molecule has 0 aromatic heterocycles. The van der Waals surface area contributed by atoms with E-state index in [1.54, 1.807) is 0 Å². The van der Waals surface area contributed by atoms with Crippen LogP contribution in [-0.4, -0.2) is 0 Å². The number of hydrogen-bond acceptors (Lipinski definition) is 0. The van der Waals surface area contributed by atoms with E-state index >= 15 is 0 Å². The van der Waals surface area contributed by atoms with E-state index < -0.39 is 11.6 Å². The molecule has 15 heavy (non-hydrogen) atoms. The molecule has 1 aromatic rings. The van der Waals surface area contributed by atoms with Crippen molar-refractivity contribution in [3.8, 4) is 0 Å². The van der Waals surface area contributed by atoms with E-state index in [4.69, 9.17) is 0 Å². The number of fused-ring (bicyclic) bond motifs is 1. The Morgan fingerprint density at radius 1 is 1.33 bits per heavy atom. The van der Waals surface area contributed by atoms with Crippen LogP contribution in [0.1, 0.15) is 37.0 Å². The molecule has 0 fully saturated rings. The fourth-order valence-electron chi connectivity index (χ4n) is 2.33. The van der Waals surface area contributed by atoms with Gasteiger partial charge in [0.15, 0.2) is 11.6 Å². The molecule has 2 heteroatoms. The van der Waals surface area contributed by atoms with Crippen molar-refractivity contribution in [2.24, 2.45) is 5.92 Å². The van der Waals surface area contributed by atoms with Crippen molar-refractivity contribution in [1.82, 2.24) is 0 Å². The van der Waals surface area contributed by atoms with Gasteiger partial charge in [-0.15, -0.1) is 0 Å². The zero-order valence-corrected chi connectivity index (χ0v) is 9.24. The Labute approximate surface area is 89.3 Å². The van der Waals surface area contributed by atoms with Crippen molar-refractivity contribution >= 4 is 0 Å². The predicted octanol–water partition coefficient (Wildman–Crippen LogP) is 3.65. The van der Waals surface area contributed by atoms with E-state index in [1.165, 1.54) is 0 Å². The topological polar surface area (TPSA) is 0 Å². The van der Waals surface area contributed by atoms with E-state index in [0.29, 0.717) is 29.9 Å². The smallest absolute Gasteiger partial charge is 0.162 e. The molecule has 0 radical (unpaired) electrons. The third kappa shape index (κ3) is 1.77. The van der Waals surface area contributed by atoms with Crippen LogP contribution in [0, 0.1) is 17.6 Å². The Morgan fingerprint density at radius 2 is 2.07 bits per heavy atom. The maximum absolute atomic E-state index is 13.7. The van der Waals surface area contributed by atoms with Gasteiger partial charge in [0.2, 0.25) is 0 Å². The molecule has 82 valence electrons. The minimum absolute atomic E-state index is 0.471. The molecule has 0 saturated heterocycles. The van der Waals surface area contributed by atoms with Crippen molar-refractivity contribution in [3.63, 3.8) is 0 Å². The highest BCUT2D eigenvalue weighted by Gasteiger charge is 2.22. The van der Waals surface area contributed by atoms with E-state index in [1.807, 2.05) is 13.0 Å². The van der Waals surface area contributed by atoms with E-state index in [2.05, 4.69) is 6.92 Å². The van der Waals surface area contributed by atoms with E-state index in [-0.39, 0.29) is 0 Å². The summed E-state index contributed by atoms with van der Waals surface area (Å²) in [7, 11) is 0. The highest BCUT2D eigenvalue weighted by atomic mass is 19.2. The van der Waals surface area contributed by atoms with Crippen molar-refractivity contribution < 1.29 is 8.78 Å². The summed E-state index contributed by atoms with van der Waals surface area (Å²) in [6.45, 7) is 3.95. The van der Waals surface area contributed by atoms with Gasteiger partial charge in [-0.3, -0.25) is 0 Å². The van der Waals surface area contributed by atoms with E-state index in [9.17, 15) is 8.78 Å². The van der Waals surface area contributed by atoms with Gasteiger partial charge in [0, 0.05) is 0 Å². The highest BCUT2D eigenvalue weighted by Crippen LogP contribution is 2.30. The van der Waals surface area contributed by atoms with Gasteiger partial charge >= 0.3 is 0 Å². The molecule has 0 heterocycles. The molecule has 1 aliphatic rings. The molecular weight excluding hydrogens is 194 g/mol. The lowest BCUT2D eigenvalue weighted by molar-refractivity contribution is 0.445. The summed E-state index contributed by atoms with van der Waals surface area (Å²) in [5.41, 5.74) is 2.15. The second-order valence-electron chi connectivity index (χ2n) is 4.50. The lowest BCUT2D eigenvalue weighted by Gasteiger charge is -2.23. The summed E-state index contributed by atoms with van der Waals surface area (Å²) >= 11 is 0. The lowest BCUT2D eigenvalue weighted by atomic mass is 9.83. The normalized spacial score (nSPS) is 20.1. The molecule has 1 aromatic carbocycles. The largest absolute Gasteiger partial charge is 0.203 e. The van der Waals surface area contributed by atoms with Crippen molar-refractivity contribution in [1.29, 1.82) is 0 Å². The molecular formula is C13H16F2. The lowest BCUT2D eigenvalue weighted by Crippen LogP contribution is -2.15. The first-order chi connectivity index (χ1) is 7.13. The maximum atomic E-state index is 13.7. The highest BCUT2D eigenvalue weighted by molar-refractivity contribution is 5.36. The molecule has 0 nitrogen and oxygen atoms in total. The molecule has 1 aliphatic carbocycles. The predicted molar refractivity (Wildman–Crippen MR) is 56.9 cm³/mol. The Hall–Kier alpha value is -0.920. The minimum Gasteiger partial charge on any atom is -0.203 e. The number of benzene rings is 1. The summed E-state index contributed by atoms with van der Waals surface area (Å²) in [5.74, 6) is -0.764. The number of hydrogen-bond donors (Lipinski definition) is 0. The monoisotopic (exact) mass is 210 g/mol. The van der Waals surface area contributed by atoms with Crippen LogP contribution in [-0.2, 0) is 19.3 Å². The number of rotatable bonds is 1. The van der Waals surface area contributed by atoms with Gasteiger partial charge in [0.25, 0.3) is 0 Å². The van der Waals surface area contributed by atoms with Crippen LogP contribution in [0.5, 0.6) is 0 Å². The van der Waals surface area contributed by atoms with Gasteiger partial charge in [-0.2, -0.15) is 0 Å². The fourth-order valence-corrected chi connectivity index (χ4v) is 2.33. The Kier molecular flexibility index (Phi) is 2.76. The molecule has 1 atom stereocenters. The van der Waals surface area contributed by atoms with Crippen molar-refractivity contribution in [2.75, 3.05) is 0 Å². The summed E-state index contributed by atoms with van der Waals surface area (Å²) in [5, 5.41) is 0. The third-order valence-electron chi connectivity index (χ3n) is 3.32. The summed E-state index contributed by atoms with van der Waals surface area (Å²) in [6.07, 6.45) is 3.22. The minimum atomic E-state index is -0.634. The molecule has 2 rings (SSSR count). The third-order valence-corrected chi connectivity index (χ3v) is 3.32. The van der Waals surface area contributed by atoms with Crippen molar-refractivity contribution in [3.05, 3.63) is 34.4 Å². The zero-order chi connectivity index (χ0) is 11.0. The van der Waals surface area contributed by atoms with Gasteiger partial charge < -0.3 is 0 Å². The van der Waals surface area contributed by atoms with Gasteiger partial charge in [-0.1, -0.05) is 19.9 Å². The molecule has 0 bridgehead atoms. The van der Waals surface area contributed by atoms with Gasteiger partial charge in [0.05, 0.1) is 0 Å². The quantitative estimate of drug-likeness (QED) is 0.663. The molecule has 0 N–H and O–H groups in total. The van der Waals surface area contributed by atoms with Crippen LogP contribution >= 0.6 is 0 Å². The standard InChI is InChI=1S/C13H16F2/c1-3-9-7-10-5-4-8(2)6-11(10)13(15)12(9)14/h7-8H,3-6H2,1-2H3. The van der Waals surface area contributed by atoms with Crippen LogP contribution in [0.15, 0.2) is 6.07 Å². The van der Waals surface area contributed by atoms with Crippen LogP contribution in [0.3, 0.4) is 0 Å². The van der Waals surface area contributed by atoms with Crippen LogP contribution in [0.4, 0.5) is 8.78 Å². The second kappa shape index (κ2) is 3.92. The Bertz CT molecular complexity index is 383. The number of aryl methyl sites for hydroxylation is 2. The van der Waals surface area contributed by atoms with Crippen molar-refractivity contribution in [2.45, 2.75) is 39.5 Å². The maximum Gasteiger partial charge on any atom is 0.162 e. The summed E-state index contributed by atoms with van der Waals surface area (Å²) in [4.78, 5) is 0. The fraction of sp³-hybridized carbons (Fsp3) is 0.538. The van der Waals surface area contributed by atoms with Crippen LogP contribution < -0.4 is 0 Å². The van der Waals surface area contributed by atoms with Gasteiger partial charge in [0.1, 0.15) is 0 Å². The number of halogens is 2. The molecule has 0 amide bonds. The molecule has 0 aliphatic heterocycles. The first-order valence-corrected chi connectivity index (χ1v) is 5.62. The Balaban J connectivity index is 2.53.